The Morgan fingerprint density at radius 1 is 1.24 bits per heavy atom. The number of halogens is 1. The first-order chi connectivity index (χ1) is 14.1. The highest BCUT2D eigenvalue weighted by atomic mass is 79.9. The standard InChI is InChI=1S/C23H20BrN3O2/c1-15-23-21(27(26-15)19-8-7-18(12-25)20(24)11-19)9-17(10-22(23)28)14-29-13-16-5-3-2-4-6-16/h2-8,11,17H,9-10,13-14H2,1H3. The highest BCUT2D eigenvalue weighted by Gasteiger charge is 2.31. The van der Waals surface area contributed by atoms with E-state index in [1.807, 2.05) is 54.1 Å². The molecule has 0 saturated heterocycles. The molecular weight excluding hydrogens is 430 g/mol. The van der Waals surface area contributed by atoms with Gasteiger partial charge in [0, 0.05) is 10.9 Å². The molecule has 4 rings (SSSR count). The van der Waals surface area contributed by atoms with Crippen molar-refractivity contribution in [3.8, 4) is 11.8 Å². The average Bonchev–Trinajstić information content (AvgIpc) is 3.05. The van der Waals surface area contributed by atoms with Crippen molar-refractivity contribution >= 4 is 21.7 Å². The van der Waals surface area contributed by atoms with E-state index >= 15 is 0 Å². The molecule has 3 aromatic rings. The van der Waals surface area contributed by atoms with Gasteiger partial charge in [0.25, 0.3) is 0 Å². The molecule has 1 aromatic heterocycles. The van der Waals surface area contributed by atoms with Crippen LogP contribution in [0.3, 0.4) is 0 Å². The summed E-state index contributed by atoms with van der Waals surface area (Å²) in [5.74, 6) is 0.242. The Morgan fingerprint density at radius 3 is 2.76 bits per heavy atom. The molecule has 0 spiro atoms. The second-order valence-corrected chi connectivity index (χ2v) is 8.15. The normalized spacial score (nSPS) is 15.8. The minimum absolute atomic E-state index is 0.121. The third-order valence-electron chi connectivity index (χ3n) is 5.17. The number of Topliss-reactive ketones (excluding diaryl/α,β-unsaturated/α-hetero) is 1. The van der Waals surface area contributed by atoms with E-state index in [1.165, 1.54) is 0 Å². The van der Waals surface area contributed by atoms with Crippen LogP contribution in [0.25, 0.3) is 5.69 Å². The Labute approximate surface area is 178 Å². The van der Waals surface area contributed by atoms with E-state index in [9.17, 15) is 4.79 Å². The topological polar surface area (TPSA) is 67.9 Å². The van der Waals surface area contributed by atoms with Gasteiger partial charge in [0.1, 0.15) is 6.07 Å². The number of rotatable bonds is 5. The van der Waals surface area contributed by atoms with Crippen LogP contribution >= 0.6 is 15.9 Å². The molecule has 0 aliphatic heterocycles. The predicted octanol–water partition coefficient (Wildman–Crippen LogP) is 4.78. The van der Waals surface area contributed by atoms with E-state index in [0.717, 1.165) is 34.6 Å². The van der Waals surface area contributed by atoms with Crippen LogP contribution in [0.1, 0.15) is 39.3 Å². The number of ether oxygens (including phenoxy) is 1. The number of ketones is 1. The van der Waals surface area contributed by atoms with E-state index in [0.29, 0.717) is 29.7 Å². The molecule has 2 aromatic carbocycles. The van der Waals surface area contributed by atoms with Crippen molar-refractivity contribution in [1.82, 2.24) is 9.78 Å². The zero-order valence-electron chi connectivity index (χ0n) is 16.1. The van der Waals surface area contributed by atoms with Crippen LogP contribution in [0, 0.1) is 24.2 Å². The number of hydrogen-bond donors (Lipinski definition) is 0. The Balaban J connectivity index is 1.55. The van der Waals surface area contributed by atoms with E-state index in [2.05, 4.69) is 27.1 Å². The summed E-state index contributed by atoms with van der Waals surface area (Å²) in [6, 6.07) is 17.7. The van der Waals surface area contributed by atoms with Crippen molar-refractivity contribution < 1.29 is 9.53 Å². The smallest absolute Gasteiger partial charge is 0.166 e. The minimum Gasteiger partial charge on any atom is -0.376 e. The summed E-state index contributed by atoms with van der Waals surface area (Å²) in [5, 5.41) is 13.8. The SMILES string of the molecule is Cc1nn(-c2ccc(C#N)c(Br)c2)c2c1C(=O)CC(COCc1ccccc1)C2. The molecule has 29 heavy (non-hydrogen) atoms. The van der Waals surface area contributed by atoms with E-state index in [4.69, 9.17) is 10.00 Å². The number of hydrogen-bond acceptors (Lipinski definition) is 4. The first kappa shape index (κ1) is 19.6. The van der Waals surface area contributed by atoms with Crippen LogP contribution in [0.2, 0.25) is 0 Å². The van der Waals surface area contributed by atoms with Gasteiger partial charge in [-0.15, -0.1) is 0 Å². The van der Waals surface area contributed by atoms with Crippen molar-refractivity contribution in [3.05, 3.63) is 81.1 Å². The van der Waals surface area contributed by atoms with Crippen molar-refractivity contribution in [2.75, 3.05) is 6.61 Å². The molecule has 1 atom stereocenters. The predicted molar refractivity (Wildman–Crippen MR) is 113 cm³/mol. The maximum Gasteiger partial charge on any atom is 0.166 e. The Morgan fingerprint density at radius 2 is 2.03 bits per heavy atom. The van der Waals surface area contributed by atoms with Gasteiger partial charge < -0.3 is 4.74 Å². The number of nitrogens with zero attached hydrogens (tertiary/aromatic N) is 3. The molecule has 1 unspecified atom stereocenters. The molecule has 1 aliphatic rings. The van der Waals surface area contributed by atoms with Gasteiger partial charge >= 0.3 is 0 Å². The maximum absolute atomic E-state index is 12.8. The van der Waals surface area contributed by atoms with E-state index in [1.54, 1.807) is 6.07 Å². The fourth-order valence-corrected chi connectivity index (χ4v) is 4.27. The van der Waals surface area contributed by atoms with Gasteiger partial charge in [-0.05, 0) is 59.0 Å². The van der Waals surface area contributed by atoms with Crippen molar-refractivity contribution in [2.45, 2.75) is 26.4 Å². The van der Waals surface area contributed by atoms with Crippen molar-refractivity contribution in [1.29, 1.82) is 5.26 Å². The lowest BCUT2D eigenvalue weighted by Gasteiger charge is -2.23. The van der Waals surface area contributed by atoms with E-state index in [-0.39, 0.29) is 11.7 Å². The van der Waals surface area contributed by atoms with Crippen LogP contribution in [0.4, 0.5) is 0 Å². The zero-order valence-corrected chi connectivity index (χ0v) is 17.6. The summed E-state index contributed by atoms with van der Waals surface area (Å²) < 4.78 is 8.44. The quantitative estimate of drug-likeness (QED) is 0.561. The molecule has 0 N–H and O–H groups in total. The van der Waals surface area contributed by atoms with Gasteiger partial charge in [-0.1, -0.05) is 30.3 Å². The monoisotopic (exact) mass is 449 g/mol. The average molecular weight is 450 g/mol. The van der Waals surface area contributed by atoms with Gasteiger partial charge in [-0.25, -0.2) is 4.68 Å². The number of carbonyl (C=O) groups excluding carboxylic acids is 1. The number of carbonyl (C=O) groups is 1. The van der Waals surface area contributed by atoms with Crippen molar-refractivity contribution in [3.63, 3.8) is 0 Å². The van der Waals surface area contributed by atoms with Gasteiger partial charge in [0.2, 0.25) is 0 Å². The second kappa shape index (κ2) is 8.32. The molecule has 146 valence electrons. The third-order valence-corrected chi connectivity index (χ3v) is 5.83. The highest BCUT2D eigenvalue weighted by Crippen LogP contribution is 2.31. The molecule has 5 nitrogen and oxygen atoms in total. The summed E-state index contributed by atoms with van der Waals surface area (Å²) in [5.41, 5.74) is 4.91. The third kappa shape index (κ3) is 4.02. The van der Waals surface area contributed by atoms with Crippen LogP contribution in [-0.2, 0) is 17.8 Å². The van der Waals surface area contributed by atoms with Gasteiger partial charge in [-0.3, -0.25) is 4.79 Å². The minimum atomic E-state index is 0.121. The molecule has 1 heterocycles. The molecule has 0 amide bonds. The number of aromatic nitrogens is 2. The van der Waals surface area contributed by atoms with Crippen LogP contribution in [0.15, 0.2) is 53.0 Å². The summed E-state index contributed by atoms with van der Waals surface area (Å²) in [6.45, 7) is 2.94. The van der Waals surface area contributed by atoms with Crippen LogP contribution < -0.4 is 0 Å². The number of nitriles is 1. The lowest BCUT2D eigenvalue weighted by atomic mass is 9.86. The van der Waals surface area contributed by atoms with Crippen molar-refractivity contribution in [2.24, 2.45) is 5.92 Å². The van der Waals surface area contributed by atoms with Gasteiger partial charge in [0.15, 0.2) is 5.78 Å². The molecule has 6 heteroatoms. The molecule has 0 fully saturated rings. The zero-order chi connectivity index (χ0) is 20.4. The first-order valence-electron chi connectivity index (χ1n) is 9.50. The fraction of sp³-hybridized carbons (Fsp3) is 0.261. The summed E-state index contributed by atoms with van der Waals surface area (Å²) in [6.07, 6.45) is 1.21. The largest absolute Gasteiger partial charge is 0.376 e. The number of benzene rings is 2. The maximum atomic E-state index is 12.8. The molecular formula is C23H20BrN3O2. The van der Waals surface area contributed by atoms with Gasteiger partial charge in [0.05, 0.1) is 41.4 Å². The molecule has 0 saturated carbocycles. The number of fused-ring (bicyclic) bond motifs is 1. The summed E-state index contributed by atoms with van der Waals surface area (Å²) in [4.78, 5) is 12.8. The Kier molecular flexibility index (Phi) is 5.61. The fourth-order valence-electron chi connectivity index (χ4n) is 3.81. The highest BCUT2D eigenvalue weighted by molar-refractivity contribution is 9.10. The lowest BCUT2D eigenvalue weighted by molar-refractivity contribution is 0.0711. The van der Waals surface area contributed by atoms with E-state index < -0.39 is 0 Å². The first-order valence-corrected chi connectivity index (χ1v) is 10.3. The Bertz CT molecular complexity index is 1100. The van der Waals surface area contributed by atoms with Gasteiger partial charge in [-0.2, -0.15) is 10.4 Å². The molecule has 1 aliphatic carbocycles. The summed E-state index contributed by atoms with van der Waals surface area (Å²) in [7, 11) is 0. The molecule has 0 bridgehead atoms. The van der Waals surface area contributed by atoms with Crippen LogP contribution in [-0.4, -0.2) is 22.2 Å². The Hall–Kier alpha value is -2.75. The second-order valence-electron chi connectivity index (χ2n) is 7.29. The summed E-state index contributed by atoms with van der Waals surface area (Å²) >= 11 is 3.44. The molecule has 0 radical (unpaired) electrons. The number of aryl methyl sites for hydroxylation is 1. The van der Waals surface area contributed by atoms with Crippen LogP contribution in [0.5, 0.6) is 0 Å². The lowest BCUT2D eigenvalue weighted by Crippen LogP contribution is -2.25.